The van der Waals surface area contributed by atoms with Gasteiger partial charge in [-0.2, -0.15) is 4.98 Å². The van der Waals surface area contributed by atoms with Crippen molar-refractivity contribution in [3.8, 4) is 0 Å². The summed E-state index contributed by atoms with van der Waals surface area (Å²) < 4.78 is 14.2. The zero-order valence-corrected chi connectivity index (χ0v) is 19.5. The van der Waals surface area contributed by atoms with Crippen molar-refractivity contribution in [1.82, 2.24) is 15.0 Å². The second kappa shape index (κ2) is 7.94. The van der Waals surface area contributed by atoms with E-state index in [0.717, 1.165) is 40.0 Å². The van der Waals surface area contributed by atoms with Crippen LogP contribution < -0.4 is 9.80 Å². The highest BCUT2D eigenvalue weighted by molar-refractivity contribution is 6.31. The summed E-state index contributed by atoms with van der Waals surface area (Å²) in [6, 6.07) is 13.1. The molecule has 0 bridgehead atoms. The highest BCUT2D eigenvalue weighted by Gasteiger charge is 2.34. The van der Waals surface area contributed by atoms with E-state index in [4.69, 9.17) is 28.2 Å². The van der Waals surface area contributed by atoms with Crippen molar-refractivity contribution >= 4 is 45.9 Å². The summed E-state index contributed by atoms with van der Waals surface area (Å²) in [7, 11) is 3.84. The standard InChI is InChI=1S/C24H22Cl2FN5/c1-13-4-6-14(7-5-13)23-22-15(16-10-17(25)18(27)11-19(16)28-22)8-9-32(23)24-29-20(26)12-21(30-24)31(2)3/h4-7,10-12,23,28H,8-9H2,1-3H3. The predicted molar refractivity (Wildman–Crippen MR) is 129 cm³/mol. The van der Waals surface area contributed by atoms with Crippen molar-refractivity contribution < 1.29 is 4.39 Å². The van der Waals surface area contributed by atoms with E-state index in [9.17, 15) is 4.39 Å². The van der Waals surface area contributed by atoms with Gasteiger partial charge in [-0.15, -0.1) is 0 Å². The van der Waals surface area contributed by atoms with Gasteiger partial charge >= 0.3 is 0 Å². The van der Waals surface area contributed by atoms with Crippen molar-refractivity contribution in [3.63, 3.8) is 0 Å². The van der Waals surface area contributed by atoms with Crippen molar-refractivity contribution in [1.29, 1.82) is 0 Å². The number of anilines is 2. The van der Waals surface area contributed by atoms with Gasteiger partial charge in [-0.1, -0.05) is 53.0 Å². The van der Waals surface area contributed by atoms with E-state index in [1.807, 2.05) is 19.0 Å². The smallest absolute Gasteiger partial charge is 0.229 e. The number of H-pyrrole nitrogens is 1. The molecular formula is C24H22Cl2FN5. The fourth-order valence-corrected chi connectivity index (χ4v) is 4.68. The van der Waals surface area contributed by atoms with E-state index in [-0.39, 0.29) is 11.1 Å². The van der Waals surface area contributed by atoms with Crippen LogP contribution in [0.15, 0.2) is 42.5 Å². The van der Waals surface area contributed by atoms with Gasteiger partial charge in [0.15, 0.2) is 0 Å². The molecule has 1 aliphatic heterocycles. The van der Waals surface area contributed by atoms with Gasteiger partial charge in [0.2, 0.25) is 5.95 Å². The number of hydrogen-bond acceptors (Lipinski definition) is 4. The monoisotopic (exact) mass is 469 g/mol. The van der Waals surface area contributed by atoms with Crippen LogP contribution in [-0.2, 0) is 6.42 Å². The lowest BCUT2D eigenvalue weighted by Crippen LogP contribution is -2.37. The zero-order chi connectivity index (χ0) is 22.6. The lowest BCUT2D eigenvalue weighted by Gasteiger charge is -2.36. The largest absolute Gasteiger partial charge is 0.363 e. The number of benzene rings is 2. The summed E-state index contributed by atoms with van der Waals surface area (Å²) in [5.41, 5.74) is 5.13. The van der Waals surface area contributed by atoms with Gasteiger partial charge in [0, 0.05) is 43.3 Å². The molecule has 0 spiro atoms. The number of halogens is 3. The van der Waals surface area contributed by atoms with Crippen molar-refractivity contribution in [2.45, 2.75) is 19.4 Å². The Hall–Kier alpha value is -2.83. The maximum absolute atomic E-state index is 14.2. The van der Waals surface area contributed by atoms with Gasteiger partial charge in [0.1, 0.15) is 16.8 Å². The van der Waals surface area contributed by atoms with Crippen LogP contribution in [0.3, 0.4) is 0 Å². The van der Waals surface area contributed by atoms with Crippen LogP contribution in [0.2, 0.25) is 10.2 Å². The number of hydrogen-bond donors (Lipinski definition) is 1. The Morgan fingerprint density at radius 3 is 2.56 bits per heavy atom. The molecule has 0 amide bonds. The van der Waals surface area contributed by atoms with Crippen LogP contribution >= 0.6 is 23.2 Å². The molecule has 1 unspecified atom stereocenters. The Bertz CT molecular complexity index is 1320. The first-order valence-electron chi connectivity index (χ1n) is 10.4. The van der Waals surface area contributed by atoms with E-state index in [1.165, 1.54) is 11.6 Å². The number of nitrogens with zero attached hydrogens (tertiary/aromatic N) is 4. The van der Waals surface area contributed by atoms with Gasteiger partial charge in [-0.05, 0) is 36.6 Å². The third kappa shape index (κ3) is 3.57. The highest BCUT2D eigenvalue weighted by atomic mass is 35.5. The topological polar surface area (TPSA) is 48.1 Å². The molecule has 0 saturated carbocycles. The number of rotatable bonds is 3. The maximum Gasteiger partial charge on any atom is 0.229 e. The number of aromatic nitrogens is 3. The Morgan fingerprint density at radius 2 is 1.84 bits per heavy atom. The molecule has 0 aliphatic carbocycles. The van der Waals surface area contributed by atoms with Crippen molar-refractivity contribution in [3.05, 3.63) is 80.8 Å². The molecule has 0 saturated heterocycles. The average molecular weight is 470 g/mol. The zero-order valence-electron chi connectivity index (χ0n) is 18.0. The Balaban J connectivity index is 1.72. The summed E-state index contributed by atoms with van der Waals surface area (Å²) in [5, 5.41) is 1.46. The molecular weight excluding hydrogens is 448 g/mol. The number of nitrogens with one attached hydrogen (secondary N) is 1. The van der Waals surface area contributed by atoms with Gasteiger partial charge in [0.05, 0.1) is 11.1 Å². The predicted octanol–water partition coefficient (Wildman–Crippen LogP) is 5.93. The molecule has 0 radical (unpaired) electrons. The minimum absolute atomic E-state index is 0.127. The van der Waals surface area contributed by atoms with Crippen LogP contribution in [0.4, 0.5) is 16.2 Å². The third-order valence-electron chi connectivity index (χ3n) is 5.95. The van der Waals surface area contributed by atoms with Gasteiger partial charge in [-0.3, -0.25) is 0 Å². The normalized spacial score (nSPS) is 15.8. The van der Waals surface area contributed by atoms with Gasteiger partial charge in [0.25, 0.3) is 0 Å². The second-order valence-corrected chi connectivity index (χ2v) is 9.12. The lowest BCUT2D eigenvalue weighted by molar-refractivity contribution is 0.625. The van der Waals surface area contributed by atoms with Gasteiger partial charge in [-0.25, -0.2) is 9.37 Å². The molecule has 2 aromatic heterocycles. The first-order valence-corrected chi connectivity index (χ1v) is 11.1. The Kier molecular flexibility index (Phi) is 5.22. The minimum atomic E-state index is -0.435. The quantitative estimate of drug-likeness (QED) is 0.377. The molecule has 1 atom stereocenters. The van der Waals surface area contributed by atoms with Crippen LogP contribution in [-0.4, -0.2) is 35.6 Å². The lowest BCUT2D eigenvalue weighted by atomic mass is 9.92. The Morgan fingerprint density at radius 1 is 1.09 bits per heavy atom. The van der Waals surface area contributed by atoms with Crippen LogP contribution in [0.25, 0.3) is 10.9 Å². The summed E-state index contributed by atoms with van der Waals surface area (Å²) in [6.45, 7) is 2.74. The molecule has 1 N–H and O–H groups in total. The van der Waals surface area contributed by atoms with Crippen LogP contribution in [0, 0.1) is 12.7 Å². The van der Waals surface area contributed by atoms with E-state index in [2.05, 4.69) is 46.1 Å². The maximum atomic E-state index is 14.2. The summed E-state index contributed by atoms with van der Waals surface area (Å²) in [5.74, 6) is 0.856. The molecule has 4 aromatic rings. The molecule has 0 fully saturated rings. The highest BCUT2D eigenvalue weighted by Crippen LogP contribution is 2.41. The molecule has 2 aromatic carbocycles. The van der Waals surface area contributed by atoms with Gasteiger partial charge < -0.3 is 14.8 Å². The molecule has 32 heavy (non-hydrogen) atoms. The van der Waals surface area contributed by atoms with E-state index < -0.39 is 5.82 Å². The number of fused-ring (bicyclic) bond motifs is 3. The SMILES string of the molecule is Cc1ccc(C2c3[nH]c4cc(F)c(Cl)cc4c3CCN2c2nc(Cl)cc(N(C)C)n2)cc1. The number of aromatic amines is 1. The summed E-state index contributed by atoms with van der Waals surface area (Å²) in [4.78, 5) is 16.8. The molecule has 8 heteroatoms. The third-order valence-corrected chi connectivity index (χ3v) is 6.43. The van der Waals surface area contributed by atoms with Crippen LogP contribution in [0.1, 0.15) is 28.4 Å². The Labute approximate surface area is 195 Å². The molecule has 164 valence electrons. The van der Waals surface area contributed by atoms with Crippen LogP contribution in [0.5, 0.6) is 0 Å². The summed E-state index contributed by atoms with van der Waals surface area (Å²) in [6.07, 6.45) is 0.743. The molecule has 1 aliphatic rings. The first-order chi connectivity index (χ1) is 15.3. The molecule has 3 heterocycles. The minimum Gasteiger partial charge on any atom is -0.363 e. The average Bonchev–Trinajstić information content (AvgIpc) is 3.11. The van der Waals surface area contributed by atoms with Crippen molar-refractivity contribution in [2.24, 2.45) is 0 Å². The summed E-state index contributed by atoms with van der Waals surface area (Å²) >= 11 is 12.5. The van der Waals surface area contributed by atoms with E-state index in [1.54, 1.807) is 12.1 Å². The fraction of sp³-hybridized carbons (Fsp3) is 0.250. The molecule has 5 rings (SSSR count). The molecule has 5 nitrogen and oxygen atoms in total. The first kappa shape index (κ1) is 21.0. The van der Waals surface area contributed by atoms with E-state index in [0.29, 0.717) is 17.6 Å². The van der Waals surface area contributed by atoms with E-state index >= 15 is 0 Å². The van der Waals surface area contributed by atoms with Crippen molar-refractivity contribution in [2.75, 3.05) is 30.4 Å². The number of aryl methyl sites for hydroxylation is 1. The second-order valence-electron chi connectivity index (χ2n) is 8.33. The fourth-order valence-electron chi connectivity index (χ4n) is 4.35.